The molecule has 0 radical (unpaired) electrons. The number of rotatable bonds is 5. The van der Waals surface area contributed by atoms with Crippen LogP contribution in [-0.4, -0.2) is 29.7 Å². The molecule has 3 heterocycles. The van der Waals surface area contributed by atoms with Gasteiger partial charge < -0.3 is 16.8 Å². The van der Waals surface area contributed by atoms with Crippen molar-refractivity contribution in [3.63, 3.8) is 0 Å². The van der Waals surface area contributed by atoms with Gasteiger partial charge in [0.1, 0.15) is 22.5 Å². The largest absolute Gasteiger partial charge is 0.382 e. The highest BCUT2D eigenvalue weighted by atomic mass is 35.5. The third kappa shape index (κ3) is 3.43. The summed E-state index contributed by atoms with van der Waals surface area (Å²) in [5.41, 5.74) is 11.8. The van der Waals surface area contributed by atoms with Gasteiger partial charge in [-0.05, 0) is 30.9 Å². The van der Waals surface area contributed by atoms with Crippen LogP contribution in [0.4, 0.5) is 17.6 Å². The van der Waals surface area contributed by atoms with Crippen LogP contribution in [-0.2, 0) is 0 Å². The van der Waals surface area contributed by atoms with Gasteiger partial charge in [0, 0.05) is 6.07 Å². The number of fused-ring (bicyclic) bond motifs is 1. The first-order valence-corrected chi connectivity index (χ1v) is 10.3. The summed E-state index contributed by atoms with van der Waals surface area (Å²) in [5.74, 6) is 1.44. The Kier molecular flexibility index (Phi) is 4.67. The van der Waals surface area contributed by atoms with Crippen LogP contribution in [0.25, 0.3) is 16.7 Å². The molecule has 10 nitrogen and oxygen atoms in total. The van der Waals surface area contributed by atoms with Crippen molar-refractivity contribution in [2.75, 3.05) is 16.8 Å². The second-order valence-corrected chi connectivity index (χ2v) is 8.06. The molecule has 0 bridgehead atoms. The minimum atomic E-state index is -0.414. The first kappa shape index (κ1) is 19.6. The Bertz CT molecular complexity index is 1350. The minimum Gasteiger partial charge on any atom is -0.382 e. The number of hydrogen-bond acceptors (Lipinski definition) is 8. The molecule has 1 saturated carbocycles. The Hall–Kier alpha value is -3.37. The predicted octanol–water partition coefficient (Wildman–Crippen LogP) is 2.93. The van der Waals surface area contributed by atoms with E-state index in [0.717, 1.165) is 12.8 Å². The van der Waals surface area contributed by atoms with Crippen molar-refractivity contribution in [1.29, 1.82) is 0 Å². The van der Waals surface area contributed by atoms with E-state index in [9.17, 15) is 4.79 Å². The number of nitrogen functional groups attached to an aromatic ring is 2. The second kappa shape index (κ2) is 7.40. The van der Waals surface area contributed by atoms with Gasteiger partial charge in [-0.2, -0.15) is 15.1 Å². The highest BCUT2D eigenvalue weighted by Gasteiger charge is 2.37. The van der Waals surface area contributed by atoms with E-state index in [4.69, 9.17) is 39.7 Å². The summed E-state index contributed by atoms with van der Waals surface area (Å²) in [6, 6.07) is 6.38. The van der Waals surface area contributed by atoms with Gasteiger partial charge in [-0.1, -0.05) is 29.3 Å². The molecule has 31 heavy (non-hydrogen) atoms. The summed E-state index contributed by atoms with van der Waals surface area (Å²) in [4.78, 5) is 26.3. The first-order valence-electron chi connectivity index (χ1n) is 9.50. The summed E-state index contributed by atoms with van der Waals surface area (Å²) < 4.78 is 1.49. The zero-order chi connectivity index (χ0) is 21.7. The molecule has 4 aromatic rings. The summed E-state index contributed by atoms with van der Waals surface area (Å²) in [7, 11) is 0. The summed E-state index contributed by atoms with van der Waals surface area (Å²) in [5, 5.41) is 11.0. The van der Waals surface area contributed by atoms with Crippen LogP contribution < -0.4 is 22.3 Å². The van der Waals surface area contributed by atoms with E-state index in [1.165, 1.54) is 4.57 Å². The van der Waals surface area contributed by atoms with E-state index in [1.807, 2.05) is 0 Å². The summed E-state index contributed by atoms with van der Waals surface area (Å²) in [6.45, 7) is 0. The van der Waals surface area contributed by atoms with E-state index in [0.29, 0.717) is 27.6 Å². The molecule has 3 aromatic heterocycles. The lowest BCUT2D eigenvalue weighted by Gasteiger charge is -2.23. The fraction of sp³-hybridized carbons (Fsp3) is 0.211. The van der Waals surface area contributed by atoms with Crippen molar-refractivity contribution in [2.45, 2.75) is 18.9 Å². The zero-order valence-electron chi connectivity index (χ0n) is 16.0. The number of para-hydroxylation sites is 1. The van der Waals surface area contributed by atoms with E-state index >= 15 is 0 Å². The third-order valence-corrected chi connectivity index (χ3v) is 5.84. The Balaban J connectivity index is 1.75. The molecule has 0 spiro atoms. The van der Waals surface area contributed by atoms with Crippen molar-refractivity contribution >= 4 is 51.7 Å². The van der Waals surface area contributed by atoms with Crippen molar-refractivity contribution in [2.24, 2.45) is 5.92 Å². The average Bonchev–Trinajstić information content (AvgIpc) is 3.44. The van der Waals surface area contributed by atoms with Crippen LogP contribution in [0.3, 0.4) is 0 Å². The SMILES string of the molecule is Nc1nc(N)c(Cl)c(N[C@H](c2nc3c(Cl)cccc3c(=O)n2-c2ccn[nH]2)C2CC2)n1. The Morgan fingerprint density at radius 2 is 1.97 bits per heavy atom. The Morgan fingerprint density at radius 3 is 2.68 bits per heavy atom. The maximum Gasteiger partial charge on any atom is 0.267 e. The lowest BCUT2D eigenvalue weighted by Crippen LogP contribution is -2.29. The van der Waals surface area contributed by atoms with Gasteiger partial charge in [0.15, 0.2) is 5.82 Å². The third-order valence-electron chi connectivity index (χ3n) is 5.16. The fourth-order valence-electron chi connectivity index (χ4n) is 3.55. The van der Waals surface area contributed by atoms with Gasteiger partial charge in [0.2, 0.25) is 5.95 Å². The van der Waals surface area contributed by atoms with Crippen LogP contribution in [0.2, 0.25) is 10.0 Å². The molecule has 0 aliphatic heterocycles. The molecule has 0 saturated heterocycles. The molecule has 6 N–H and O–H groups in total. The van der Waals surface area contributed by atoms with Crippen molar-refractivity contribution in [1.82, 2.24) is 29.7 Å². The van der Waals surface area contributed by atoms with Crippen molar-refractivity contribution in [3.05, 3.63) is 56.7 Å². The van der Waals surface area contributed by atoms with Gasteiger partial charge in [0.25, 0.3) is 5.56 Å². The molecule has 1 atom stereocenters. The highest BCUT2D eigenvalue weighted by Crippen LogP contribution is 2.43. The lowest BCUT2D eigenvalue weighted by molar-refractivity contribution is 0.605. The number of halogens is 2. The van der Waals surface area contributed by atoms with Crippen molar-refractivity contribution < 1.29 is 0 Å². The molecular weight excluding hydrogens is 441 g/mol. The molecule has 1 aliphatic carbocycles. The number of aromatic amines is 1. The molecule has 1 aliphatic rings. The molecule has 1 fully saturated rings. The number of H-pyrrole nitrogens is 1. The molecule has 5 rings (SSSR count). The lowest BCUT2D eigenvalue weighted by atomic mass is 10.1. The van der Waals surface area contributed by atoms with Crippen LogP contribution in [0, 0.1) is 5.92 Å². The number of aromatic nitrogens is 6. The number of benzene rings is 1. The molecular formula is C19H17Cl2N9O. The van der Waals surface area contributed by atoms with E-state index in [2.05, 4.69) is 25.5 Å². The number of nitrogens with zero attached hydrogens (tertiary/aromatic N) is 5. The molecule has 0 amide bonds. The number of hydrogen-bond donors (Lipinski definition) is 4. The van der Waals surface area contributed by atoms with E-state index < -0.39 is 6.04 Å². The van der Waals surface area contributed by atoms with Gasteiger partial charge in [-0.25, -0.2) is 9.55 Å². The minimum absolute atomic E-state index is 0.0144. The zero-order valence-corrected chi connectivity index (χ0v) is 17.5. The van der Waals surface area contributed by atoms with Crippen LogP contribution >= 0.6 is 23.2 Å². The normalized spacial score (nSPS) is 14.6. The predicted molar refractivity (Wildman–Crippen MR) is 119 cm³/mol. The van der Waals surface area contributed by atoms with Gasteiger partial charge in [-0.3, -0.25) is 9.89 Å². The maximum atomic E-state index is 13.5. The Morgan fingerprint density at radius 1 is 1.16 bits per heavy atom. The van der Waals surface area contributed by atoms with E-state index in [-0.39, 0.29) is 34.1 Å². The van der Waals surface area contributed by atoms with Gasteiger partial charge >= 0.3 is 0 Å². The van der Waals surface area contributed by atoms with Gasteiger partial charge in [-0.15, -0.1) is 0 Å². The topological polar surface area (TPSA) is 153 Å². The van der Waals surface area contributed by atoms with Gasteiger partial charge in [0.05, 0.1) is 28.2 Å². The van der Waals surface area contributed by atoms with Crippen LogP contribution in [0.15, 0.2) is 35.3 Å². The maximum absolute atomic E-state index is 13.5. The summed E-state index contributed by atoms with van der Waals surface area (Å²) in [6.07, 6.45) is 3.44. The number of nitrogens with one attached hydrogen (secondary N) is 2. The van der Waals surface area contributed by atoms with Crippen LogP contribution in [0.1, 0.15) is 24.7 Å². The first-order chi connectivity index (χ1) is 14.9. The average molecular weight is 458 g/mol. The number of nitrogens with two attached hydrogens (primary N) is 2. The molecule has 0 unspecified atom stereocenters. The van der Waals surface area contributed by atoms with Crippen molar-refractivity contribution in [3.8, 4) is 5.82 Å². The monoisotopic (exact) mass is 457 g/mol. The quantitative estimate of drug-likeness (QED) is 0.356. The smallest absolute Gasteiger partial charge is 0.267 e. The fourth-order valence-corrected chi connectivity index (χ4v) is 3.91. The number of anilines is 3. The van der Waals surface area contributed by atoms with E-state index in [1.54, 1.807) is 30.5 Å². The standard InChI is InChI=1S/C19H17Cl2N9O/c20-10-3-1-2-9-14(10)26-17(30(18(9)31)11-6-7-24-29-11)13(8-4-5-8)25-16-12(21)15(22)27-19(23)28-16/h1-3,6-8,13H,4-5H2,(H,24,29)(H5,22,23,25,27,28)/t13-/m0/s1. The van der Waals surface area contributed by atoms with Crippen LogP contribution in [0.5, 0.6) is 0 Å². The Labute approximate surface area is 185 Å². The molecule has 12 heteroatoms. The molecule has 158 valence electrons. The highest BCUT2D eigenvalue weighted by molar-refractivity contribution is 6.35. The second-order valence-electron chi connectivity index (χ2n) is 7.28. The summed E-state index contributed by atoms with van der Waals surface area (Å²) >= 11 is 12.7. The molecule has 1 aromatic carbocycles.